The molecule has 1 amide bonds. The summed E-state index contributed by atoms with van der Waals surface area (Å²) in [6, 6.07) is 12.9. The van der Waals surface area contributed by atoms with E-state index < -0.39 is 0 Å². The molecular formula is C21H22BrNO4. The molecule has 0 radical (unpaired) electrons. The number of esters is 1. The van der Waals surface area contributed by atoms with Gasteiger partial charge in [0, 0.05) is 17.1 Å². The second kappa shape index (κ2) is 9.92. The molecule has 0 saturated heterocycles. The van der Waals surface area contributed by atoms with Crippen molar-refractivity contribution in [2.24, 2.45) is 5.92 Å². The van der Waals surface area contributed by atoms with Gasteiger partial charge in [-0.05, 0) is 41.5 Å². The normalized spacial score (nSPS) is 10.9. The molecule has 2 rings (SSSR count). The summed E-state index contributed by atoms with van der Waals surface area (Å²) in [7, 11) is 1.50. The van der Waals surface area contributed by atoms with E-state index in [1.807, 2.05) is 24.3 Å². The van der Waals surface area contributed by atoms with Crippen LogP contribution in [0, 0.1) is 5.92 Å². The van der Waals surface area contributed by atoms with Crippen molar-refractivity contribution in [3.63, 3.8) is 0 Å². The average Bonchev–Trinajstić information content (AvgIpc) is 2.65. The lowest BCUT2D eigenvalue weighted by molar-refractivity contribution is -0.137. The summed E-state index contributed by atoms with van der Waals surface area (Å²) in [5.41, 5.74) is 1.76. The first-order valence-corrected chi connectivity index (χ1v) is 9.28. The third kappa shape index (κ3) is 6.57. The lowest BCUT2D eigenvalue weighted by Crippen LogP contribution is -2.20. The maximum Gasteiger partial charge on any atom is 0.313 e. The van der Waals surface area contributed by atoms with Gasteiger partial charge in [0.1, 0.15) is 0 Å². The molecule has 0 bridgehead atoms. The van der Waals surface area contributed by atoms with Gasteiger partial charge in [-0.3, -0.25) is 9.59 Å². The van der Waals surface area contributed by atoms with Crippen LogP contribution in [0.2, 0.25) is 0 Å². The van der Waals surface area contributed by atoms with Crippen LogP contribution in [0.1, 0.15) is 25.0 Å². The molecule has 0 spiro atoms. The Bertz CT molecular complexity index is 846. The topological polar surface area (TPSA) is 64.6 Å². The van der Waals surface area contributed by atoms with Crippen LogP contribution in [0.15, 0.2) is 53.0 Å². The van der Waals surface area contributed by atoms with Crippen LogP contribution in [-0.2, 0) is 16.1 Å². The maximum absolute atomic E-state index is 12.0. The van der Waals surface area contributed by atoms with Crippen molar-refractivity contribution < 1.29 is 19.1 Å². The molecule has 0 aliphatic heterocycles. The van der Waals surface area contributed by atoms with E-state index in [4.69, 9.17) is 9.47 Å². The van der Waals surface area contributed by atoms with Crippen molar-refractivity contribution >= 4 is 33.9 Å². The van der Waals surface area contributed by atoms with Gasteiger partial charge in [-0.2, -0.15) is 0 Å². The fourth-order valence-electron chi connectivity index (χ4n) is 2.17. The third-order valence-corrected chi connectivity index (χ3v) is 4.15. The molecule has 1 N–H and O–H groups in total. The van der Waals surface area contributed by atoms with Crippen molar-refractivity contribution in [2.75, 3.05) is 7.11 Å². The zero-order valence-electron chi connectivity index (χ0n) is 15.5. The van der Waals surface area contributed by atoms with Crippen molar-refractivity contribution in [2.45, 2.75) is 20.4 Å². The van der Waals surface area contributed by atoms with Gasteiger partial charge in [-0.1, -0.05) is 48.0 Å². The van der Waals surface area contributed by atoms with Crippen LogP contribution >= 0.6 is 15.9 Å². The van der Waals surface area contributed by atoms with Crippen LogP contribution in [0.3, 0.4) is 0 Å². The minimum Gasteiger partial charge on any atom is -0.493 e. The summed E-state index contributed by atoms with van der Waals surface area (Å²) in [5.74, 6) is 0.0177. The molecule has 2 aromatic carbocycles. The Kier molecular flexibility index (Phi) is 7.61. The lowest BCUT2D eigenvalue weighted by Gasteiger charge is -2.11. The van der Waals surface area contributed by atoms with E-state index in [1.165, 1.54) is 13.2 Å². The van der Waals surface area contributed by atoms with E-state index in [0.29, 0.717) is 18.0 Å². The highest BCUT2D eigenvalue weighted by atomic mass is 79.9. The van der Waals surface area contributed by atoms with Gasteiger partial charge in [0.05, 0.1) is 13.0 Å². The Balaban J connectivity index is 1.99. The second-order valence-electron chi connectivity index (χ2n) is 6.17. The number of halogens is 1. The second-order valence-corrected chi connectivity index (χ2v) is 7.08. The van der Waals surface area contributed by atoms with Gasteiger partial charge in [0.25, 0.3) is 0 Å². The minimum absolute atomic E-state index is 0.204. The molecule has 5 nitrogen and oxygen atoms in total. The standard InChI is InChI=1S/C21H22BrNO4/c1-14(2)21(25)27-18-9-7-15(12-19(18)26-3)8-10-20(24)23-13-16-5-4-6-17(22)11-16/h4-12,14H,13H2,1-3H3,(H,23,24)/b10-8+. The Hall–Kier alpha value is -2.60. The number of rotatable bonds is 7. The van der Waals surface area contributed by atoms with Gasteiger partial charge in [-0.15, -0.1) is 0 Å². The molecule has 0 aromatic heterocycles. The van der Waals surface area contributed by atoms with E-state index in [1.54, 1.807) is 38.1 Å². The molecule has 27 heavy (non-hydrogen) atoms. The Morgan fingerprint density at radius 3 is 2.59 bits per heavy atom. The number of methoxy groups -OCH3 is 1. The van der Waals surface area contributed by atoms with Gasteiger partial charge >= 0.3 is 5.97 Å². The molecule has 0 saturated carbocycles. The minimum atomic E-state index is -0.330. The molecule has 0 aliphatic carbocycles. The van der Waals surface area contributed by atoms with Crippen molar-refractivity contribution in [1.29, 1.82) is 0 Å². The Labute approximate surface area is 167 Å². The van der Waals surface area contributed by atoms with Crippen LogP contribution in [-0.4, -0.2) is 19.0 Å². The number of hydrogen-bond acceptors (Lipinski definition) is 4. The molecule has 2 aromatic rings. The largest absolute Gasteiger partial charge is 0.493 e. The highest BCUT2D eigenvalue weighted by Crippen LogP contribution is 2.29. The molecule has 6 heteroatoms. The van der Waals surface area contributed by atoms with Crippen LogP contribution in [0.5, 0.6) is 11.5 Å². The molecular weight excluding hydrogens is 410 g/mol. The summed E-state index contributed by atoms with van der Waals surface area (Å²) in [4.78, 5) is 23.7. The summed E-state index contributed by atoms with van der Waals surface area (Å²) < 4.78 is 11.5. The van der Waals surface area contributed by atoms with E-state index in [9.17, 15) is 9.59 Å². The zero-order chi connectivity index (χ0) is 19.8. The predicted molar refractivity (Wildman–Crippen MR) is 108 cm³/mol. The smallest absolute Gasteiger partial charge is 0.313 e. The van der Waals surface area contributed by atoms with Gasteiger partial charge < -0.3 is 14.8 Å². The van der Waals surface area contributed by atoms with E-state index in [0.717, 1.165) is 15.6 Å². The summed E-state index contributed by atoms with van der Waals surface area (Å²) >= 11 is 3.40. The van der Waals surface area contributed by atoms with Gasteiger partial charge in [0.15, 0.2) is 11.5 Å². The molecule has 0 atom stereocenters. The van der Waals surface area contributed by atoms with Crippen LogP contribution in [0.4, 0.5) is 0 Å². The number of benzene rings is 2. The maximum atomic E-state index is 12.0. The first-order valence-electron chi connectivity index (χ1n) is 8.49. The van der Waals surface area contributed by atoms with E-state index >= 15 is 0 Å². The highest BCUT2D eigenvalue weighted by molar-refractivity contribution is 9.10. The zero-order valence-corrected chi connectivity index (χ0v) is 17.1. The highest BCUT2D eigenvalue weighted by Gasteiger charge is 2.13. The Morgan fingerprint density at radius 1 is 1.15 bits per heavy atom. The first-order chi connectivity index (χ1) is 12.9. The van der Waals surface area contributed by atoms with Crippen LogP contribution < -0.4 is 14.8 Å². The predicted octanol–water partition coefficient (Wildman–Crippen LogP) is 4.35. The average molecular weight is 432 g/mol. The number of carbonyl (C=O) groups excluding carboxylic acids is 2. The summed E-state index contributed by atoms with van der Waals surface area (Å²) in [6.07, 6.45) is 3.12. The van der Waals surface area contributed by atoms with Crippen molar-refractivity contribution in [3.8, 4) is 11.5 Å². The van der Waals surface area contributed by atoms with Crippen molar-refractivity contribution in [3.05, 3.63) is 64.1 Å². The van der Waals surface area contributed by atoms with Gasteiger partial charge in [-0.25, -0.2) is 0 Å². The van der Waals surface area contributed by atoms with E-state index in [-0.39, 0.29) is 17.8 Å². The molecule has 0 heterocycles. The fraction of sp³-hybridized carbons (Fsp3) is 0.238. The molecule has 0 aliphatic rings. The summed E-state index contributed by atoms with van der Waals surface area (Å²) in [6.45, 7) is 3.97. The number of amides is 1. The SMILES string of the molecule is COc1cc(/C=C/C(=O)NCc2cccc(Br)c2)ccc1OC(=O)C(C)C. The molecule has 0 unspecified atom stereocenters. The first kappa shape index (κ1) is 20.7. The Morgan fingerprint density at radius 2 is 1.93 bits per heavy atom. The quantitative estimate of drug-likeness (QED) is 0.402. The molecule has 0 fully saturated rings. The number of carbonyl (C=O) groups is 2. The third-order valence-electron chi connectivity index (χ3n) is 3.65. The van der Waals surface area contributed by atoms with Gasteiger partial charge in [0.2, 0.25) is 5.91 Å². The number of nitrogens with one attached hydrogen (secondary N) is 1. The van der Waals surface area contributed by atoms with E-state index in [2.05, 4.69) is 21.2 Å². The molecule has 142 valence electrons. The summed E-state index contributed by atoms with van der Waals surface area (Å²) in [5, 5.41) is 2.83. The fourth-order valence-corrected chi connectivity index (χ4v) is 2.61. The lowest BCUT2D eigenvalue weighted by atomic mass is 10.1. The number of ether oxygens (including phenoxy) is 2. The number of hydrogen-bond donors (Lipinski definition) is 1. The van der Waals surface area contributed by atoms with Crippen molar-refractivity contribution in [1.82, 2.24) is 5.32 Å². The van der Waals surface area contributed by atoms with Crippen LogP contribution in [0.25, 0.3) is 6.08 Å². The monoisotopic (exact) mass is 431 g/mol.